The number of rotatable bonds is 9. The quantitative estimate of drug-likeness (QED) is 0.0772. The van der Waals surface area contributed by atoms with Crippen LogP contribution in [0.5, 0.6) is 0 Å². The third-order valence-electron chi connectivity index (χ3n) is 12.8. The van der Waals surface area contributed by atoms with Crippen LogP contribution in [-0.2, 0) is 0 Å². The second-order valence-corrected chi connectivity index (χ2v) is 21.3. The van der Waals surface area contributed by atoms with Crippen LogP contribution in [0.3, 0.4) is 0 Å². The van der Waals surface area contributed by atoms with Crippen LogP contribution in [0.1, 0.15) is 33.4 Å². The lowest BCUT2D eigenvalue weighted by Gasteiger charge is -2.37. The van der Waals surface area contributed by atoms with Crippen LogP contribution in [0.25, 0.3) is 66.8 Å². The number of benzene rings is 9. The van der Waals surface area contributed by atoms with Gasteiger partial charge in [0.1, 0.15) is 0 Å². The average molecular weight is 836 g/mol. The third-order valence-corrected chi connectivity index (χ3v) is 18.1. The van der Waals surface area contributed by atoms with E-state index in [1.807, 2.05) is 0 Å². The smallest absolute Gasteiger partial charge is 0.149 e. The minimum atomic E-state index is -3.65. The van der Waals surface area contributed by atoms with Gasteiger partial charge in [0, 0.05) is 0 Å². The van der Waals surface area contributed by atoms with E-state index in [4.69, 9.17) is 0 Å². The Labute approximate surface area is 373 Å². The predicted molar refractivity (Wildman–Crippen MR) is 271 cm³/mol. The molecule has 0 aliphatic rings. The minimum Gasteiger partial charge on any atom is -0.149 e. The van der Waals surface area contributed by atoms with E-state index in [2.05, 4.69) is 242 Å². The molecule has 0 saturated carbocycles. The molecule has 0 radical (unpaired) electrons. The highest BCUT2D eigenvalue weighted by molar-refractivity contribution is 7.41. The van der Waals surface area contributed by atoms with E-state index < -0.39 is 7.38 Å². The molecule has 9 aromatic carbocycles. The fourth-order valence-electron chi connectivity index (χ4n) is 10.3. The molecule has 0 fully saturated rings. The molecule has 0 N–H and O–H groups in total. The molecule has 0 aliphatic carbocycles. The molecule has 0 unspecified atom stereocenters. The molecule has 0 saturated heterocycles. The van der Waals surface area contributed by atoms with Gasteiger partial charge in [0.2, 0.25) is 7.38 Å². The van der Waals surface area contributed by atoms with Crippen LogP contribution in [0.2, 0.25) is 0 Å². The van der Waals surface area contributed by atoms with E-state index in [0.717, 1.165) is 0 Å². The van der Waals surface area contributed by atoms with E-state index in [1.54, 1.807) is 0 Å². The summed E-state index contributed by atoms with van der Waals surface area (Å²) in [6.45, 7) is 13.8. The largest absolute Gasteiger partial charge is 0.249 e. The zero-order valence-electron chi connectivity index (χ0n) is 36.4. The van der Waals surface area contributed by atoms with Gasteiger partial charge < -0.3 is 0 Å². The number of halogens is 1. The van der Waals surface area contributed by atoms with E-state index >= 15 is 0 Å². The Hall–Kier alpha value is -6.51. The SMILES string of the molecule is Cc1cc([Si](Cl)(c2cc(C)c(-c3ccccc3)c(C)c2-c2ccccc2)c2cc(C)c(-c3ccccc3)c(C)c2-c2ccccc2)c(-c2ccccc2)c(C)c1-c1ccccc1. The Kier molecular flexibility index (Phi) is 11.3. The third kappa shape index (κ3) is 7.16. The van der Waals surface area contributed by atoms with Crippen molar-refractivity contribution >= 4 is 34.0 Å². The lowest BCUT2D eigenvalue weighted by molar-refractivity contribution is 1.37. The summed E-state index contributed by atoms with van der Waals surface area (Å²) in [5.41, 5.74) is 21.9. The first-order valence-corrected chi connectivity index (χ1v) is 24.6. The molecule has 9 rings (SSSR count). The number of hydrogen-bond acceptors (Lipinski definition) is 0. The van der Waals surface area contributed by atoms with Crippen LogP contribution in [0.4, 0.5) is 0 Å². The predicted octanol–water partition coefficient (Wildman–Crippen LogP) is 14.7. The molecular formula is C60H51ClSi. The van der Waals surface area contributed by atoms with Gasteiger partial charge >= 0.3 is 0 Å². The Morgan fingerprint density at radius 2 is 0.435 bits per heavy atom. The van der Waals surface area contributed by atoms with Crippen molar-refractivity contribution in [2.45, 2.75) is 41.5 Å². The molecule has 9 aromatic rings. The van der Waals surface area contributed by atoms with Crippen molar-refractivity contribution in [3.05, 3.63) is 234 Å². The molecule has 0 spiro atoms. The maximum Gasteiger partial charge on any atom is 0.249 e. The summed E-state index contributed by atoms with van der Waals surface area (Å²) in [6.07, 6.45) is 0. The van der Waals surface area contributed by atoms with Gasteiger partial charge in [0.15, 0.2) is 0 Å². The second-order valence-electron chi connectivity index (χ2n) is 16.7. The summed E-state index contributed by atoms with van der Waals surface area (Å²) in [5.74, 6) is 0. The van der Waals surface area contributed by atoms with Crippen LogP contribution in [-0.4, -0.2) is 7.38 Å². The van der Waals surface area contributed by atoms with Gasteiger partial charge in [0.05, 0.1) is 0 Å². The van der Waals surface area contributed by atoms with E-state index in [9.17, 15) is 11.1 Å². The van der Waals surface area contributed by atoms with Crippen molar-refractivity contribution in [2.24, 2.45) is 0 Å². The number of aryl methyl sites for hydroxylation is 3. The highest BCUT2D eigenvalue weighted by Gasteiger charge is 2.46. The fraction of sp³-hybridized carbons (Fsp3) is 0.100. The van der Waals surface area contributed by atoms with Crippen molar-refractivity contribution in [2.75, 3.05) is 0 Å². The molecule has 0 bridgehead atoms. The zero-order chi connectivity index (χ0) is 43.0. The van der Waals surface area contributed by atoms with E-state index in [1.165, 1.54) is 116 Å². The lowest BCUT2D eigenvalue weighted by atomic mass is 9.89. The van der Waals surface area contributed by atoms with Crippen molar-refractivity contribution in [3.63, 3.8) is 0 Å². The zero-order valence-corrected chi connectivity index (χ0v) is 38.2. The molecule has 0 atom stereocenters. The molecule has 62 heavy (non-hydrogen) atoms. The fourth-order valence-corrected chi connectivity index (χ4v) is 15.8. The van der Waals surface area contributed by atoms with E-state index in [0.29, 0.717) is 0 Å². The number of hydrogen-bond donors (Lipinski definition) is 0. The molecule has 0 aromatic heterocycles. The Morgan fingerprint density at radius 1 is 0.258 bits per heavy atom. The Morgan fingerprint density at radius 3 is 0.629 bits per heavy atom. The van der Waals surface area contributed by atoms with Crippen molar-refractivity contribution in [1.29, 1.82) is 0 Å². The molecule has 0 nitrogen and oxygen atoms in total. The topological polar surface area (TPSA) is 0 Å². The summed E-state index contributed by atoms with van der Waals surface area (Å²) < 4.78 is 0. The first-order valence-electron chi connectivity index (χ1n) is 21.6. The summed E-state index contributed by atoms with van der Waals surface area (Å²) in [7, 11) is -3.65. The molecular weight excluding hydrogens is 784 g/mol. The molecule has 302 valence electrons. The van der Waals surface area contributed by atoms with Gasteiger partial charge in [-0.1, -0.05) is 200 Å². The van der Waals surface area contributed by atoms with Gasteiger partial charge in [-0.2, -0.15) is 0 Å². The Balaban J connectivity index is 1.52. The van der Waals surface area contributed by atoms with Gasteiger partial charge in [-0.15, -0.1) is 11.1 Å². The van der Waals surface area contributed by atoms with Gasteiger partial charge in [0.25, 0.3) is 0 Å². The molecule has 0 amide bonds. The maximum atomic E-state index is 9.35. The summed E-state index contributed by atoms with van der Waals surface area (Å²) in [5, 5.41) is 3.60. The highest BCUT2D eigenvalue weighted by Crippen LogP contribution is 2.42. The van der Waals surface area contributed by atoms with E-state index in [-0.39, 0.29) is 0 Å². The summed E-state index contributed by atoms with van der Waals surface area (Å²) in [4.78, 5) is 0. The Bertz CT molecular complexity index is 2700. The minimum absolute atomic E-state index is 1.17. The molecule has 0 heterocycles. The summed E-state index contributed by atoms with van der Waals surface area (Å²) >= 11 is 9.35. The standard InChI is InChI=1S/C60H51ClSi/c1-40-37-52(58(49-31-19-10-20-32-49)43(4)55(40)46-25-13-7-14-26-46)62(61,53-38-41(2)56(47-27-15-8-16-28-47)44(5)59(53)50-33-21-11-22-34-50)54-39-42(3)57(48-29-17-9-18-30-48)45(6)60(54)51-35-23-12-24-36-51/h7-39H,1-6H3. The van der Waals surface area contributed by atoms with Crippen LogP contribution < -0.4 is 15.6 Å². The molecule has 2 heteroatoms. The second kappa shape index (κ2) is 17.1. The highest BCUT2D eigenvalue weighted by atomic mass is 35.6. The maximum absolute atomic E-state index is 9.35. The van der Waals surface area contributed by atoms with Crippen molar-refractivity contribution < 1.29 is 0 Å². The van der Waals surface area contributed by atoms with Crippen LogP contribution in [0.15, 0.2) is 200 Å². The van der Waals surface area contributed by atoms with Gasteiger partial charge in [-0.25, -0.2) is 0 Å². The van der Waals surface area contributed by atoms with Gasteiger partial charge in [-0.3, -0.25) is 0 Å². The van der Waals surface area contributed by atoms with Crippen LogP contribution in [0, 0.1) is 41.5 Å². The first kappa shape index (κ1) is 40.9. The monoisotopic (exact) mass is 834 g/mol. The van der Waals surface area contributed by atoms with Crippen molar-refractivity contribution in [3.8, 4) is 66.8 Å². The average Bonchev–Trinajstić information content (AvgIpc) is 3.30. The molecule has 0 aliphatic heterocycles. The van der Waals surface area contributed by atoms with Crippen LogP contribution >= 0.6 is 11.1 Å². The normalized spacial score (nSPS) is 11.5. The lowest BCUT2D eigenvalue weighted by Crippen LogP contribution is -2.65. The first-order chi connectivity index (χ1) is 30.2. The summed E-state index contributed by atoms with van der Waals surface area (Å²) in [6, 6.07) is 72.9. The van der Waals surface area contributed by atoms with Gasteiger partial charge in [-0.05, 0) is 157 Å². The van der Waals surface area contributed by atoms with Crippen molar-refractivity contribution in [1.82, 2.24) is 0 Å².